The third-order valence-corrected chi connectivity index (χ3v) is 5.66. The van der Waals surface area contributed by atoms with Gasteiger partial charge in [0.2, 0.25) is 0 Å². The van der Waals surface area contributed by atoms with E-state index in [0.717, 1.165) is 28.9 Å². The van der Waals surface area contributed by atoms with Crippen molar-refractivity contribution in [3.05, 3.63) is 65.7 Å². The van der Waals surface area contributed by atoms with Crippen molar-refractivity contribution in [2.24, 2.45) is 0 Å². The van der Waals surface area contributed by atoms with Crippen molar-refractivity contribution < 1.29 is 23.9 Å². The van der Waals surface area contributed by atoms with Crippen LogP contribution >= 0.6 is 0 Å². The number of nitrogens with one attached hydrogen (secondary N) is 2. The van der Waals surface area contributed by atoms with Crippen molar-refractivity contribution in [3.63, 3.8) is 0 Å². The Balaban J connectivity index is 1.42. The van der Waals surface area contributed by atoms with Crippen molar-refractivity contribution in [1.29, 1.82) is 0 Å². The Hall–Kier alpha value is -3.68. The molecule has 4 rings (SSSR count). The Labute approximate surface area is 179 Å². The van der Waals surface area contributed by atoms with E-state index in [-0.39, 0.29) is 0 Å². The summed E-state index contributed by atoms with van der Waals surface area (Å²) in [5, 5.41) is 5.43. The molecule has 0 unspecified atom stereocenters. The van der Waals surface area contributed by atoms with Crippen LogP contribution in [0.5, 0.6) is 0 Å². The van der Waals surface area contributed by atoms with E-state index in [4.69, 9.17) is 4.74 Å². The van der Waals surface area contributed by atoms with Crippen molar-refractivity contribution in [2.45, 2.75) is 37.8 Å². The Morgan fingerprint density at radius 3 is 2.61 bits per heavy atom. The molecule has 1 aliphatic carbocycles. The molecule has 160 valence electrons. The SMILES string of the molecule is C[C@H](OC(=O)CN1C(=O)N[C@]2(CCCc3ccccc32)C1=O)C(=O)Nc1ccccc1. The van der Waals surface area contributed by atoms with Gasteiger partial charge in [-0.15, -0.1) is 0 Å². The van der Waals surface area contributed by atoms with Gasteiger partial charge >= 0.3 is 12.0 Å². The molecular formula is C23H23N3O5. The van der Waals surface area contributed by atoms with Crippen molar-refractivity contribution >= 4 is 29.5 Å². The minimum Gasteiger partial charge on any atom is -0.451 e. The van der Waals surface area contributed by atoms with E-state index in [1.54, 1.807) is 24.3 Å². The molecule has 0 aromatic heterocycles. The molecule has 2 aliphatic rings. The average molecular weight is 421 g/mol. The van der Waals surface area contributed by atoms with E-state index < -0.39 is 42.0 Å². The molecule has 0 saturated carbocycles. The molecular weight excluding hydrogens is 398 g/mol. The van der Waals surface area contributed by atoms with Crippen LogP contribution in [-0.4, -0.2) is 41.4 Å². The van der Waals surface area contributed by atoms with Gasteiger partial charge < -0.3 is 15.4 Å². The summed E-state index contributed by atoms with van der Waals surface area (Å²) < 4.78 is 5.16. The lowest BCUT2D eigenvalue weighted by Crippen LogP contribution is -2.47. The lowest BCUT2D eigenvalue weighted by Gasteiger charge is -2.33. The lowest BCUT2D eigenvalue weighted by atomic mass is 9.76. The van der Waals surface area contributed by atoms with E-state index in [1.807, 2.05) is 30.3 Å². The molecule has 0 radical (unpaired) electrons. The topological polar surface area (TPSA) is 105 Å². The molecule has 8 nitrogen and oxygen atoms in total. The van der Waals surface area contributed by atoms with Crippen molar-refractivity contribution in [2.75, 3.05) is 11.9 Å². The van der Waals surface area contributed by atoms with Crippen LogP contribution < -0.4 is 10.6 Å². The molecule has 4 amide bonds. The van der Waals surface area contributed by atoms with Crippen LogP contribution in [-0.2, 0) is 31.1 Å². The first-order valence-corrected chi connectivity index (χ1v) is 10.2. The van der Waals surface area contributed by atoms with Crippen LogP contribution in [0.1, 0.15) is 30.9 Å². The number of benzene rings is 2. The average Bonchev–Trinajstić information content (AvgIpc) is 2.99. The predicted molar refractivity (Wildman–Crippen MR) is 112 cm³/mol. The summed E-state index contributed by atoms with van der Waals surface area (Å²) in [4.78, 5) is 51.3. The number of urea groups is 1. The summed E-state index contributed by atoms with van der Waals surface area (Å²) in [7, 11) is 0. The summed E-state index contributed by atoms with van der Waals surface area (Å²) in [5.74, 6) is -1.81. The zero-order valence-electron chi connectivity index (χ0n) is 17.1. The highest BCUT2D eigenvalue weighted by atomic mass is 16.5. The molecule has 1 saturated heterocycles. The van der Waals surface area contributed by atoms with Gasteiger partial charge in [-0.2, -0.15) is 0 Å². The minimum atomic E-state index is -1.15. The molecule has 31 heavy (non-hydrogen) atoms. The minimum absolute atomic E-state index is 0.468. The zero-order chi connectivity index (χ0) is 22.0. The number of esters is 1. The first kappa shape index (κ1) is 20.6. The number of carbonyl (C=O) groups is 4. The van der Waals surface area contributed by atoms with Gasteiger partial charge in [0.05, 0.1) is 0 Å². The fourth-order valence-electron chi connectivity index (χ4n) is 4.14. The van der Waals surface area contributed by atoms with E-state index in [9.17, 15) is 19.2 Å². The molecule has 1 fully saturated rings. The summed E-state index contributed by atoms with van der Waals surface area (Å²) in [6, 6.07) is 15.6. The Kier molecular flexibility index (Phi) is 5.46. The number of para-hydroxylation sites is 1. The molecule has 1 spiro atoms. The first-order chi connectivity index (χ1) is 14.9. The number of hydrogen-bond donors (Lipinski definition) is 2. The highest BCUT2D eigenvalue weighted by molar-refractivity contribution is 6.09. The number of imide groups is 1. The molecule has 0 bridgehead atoms. The highest BCUT2D eigenvalue weighted by Crippen LogP contribution is 2.39. The van der Waals surface area contributed by atoms with E-state index >= 15 is 0 Å². The molecule has 2 atom stereocenters. The maximum Gasteiger partial charge on any atom is 0.327 e. The summed E-state index contributed by atoms with van der Waals surface area (Å²) >= 11 is 0. The van der Waals surface area contributed by atoms with Crippen molar-refractivity contribution in [1.82, 2.24) is 10.2 Å². The molecule has 2 aromatic carbocycles. The van der Waals surface area contributed by atoms with Crippen LogP contribution in [0, 0.1) is 0 Å². The Bertz CT molecular complexity index is 1040. The van der Waals surface area contributed by atoms with Gasteiger partial charge in [-0.1, -0.05) is 42.5 Å². The maximum absolute atomic E-state index is 13.2. The second-order valence-electron chi connectivity index (χ2n) is 7.72. The zero-order valence-corrected chi connectivity index (χ0v) is 17.1. The normalized spacial score (nSPS) is 20.7. The van der Waals surface area contributed by atoms with Crippen LogP contribution in [0.15, 0.2) is 54.6 Å². The predicted octanol–water partition coefficient (Wildman–Crippen LogP) is 2.34. The third-order valence-electron chi connectivity index (χ3n) is 5.66. The van der Waals surface area contributed by atoms with Gasteiger partial charge in [0.25, 0.3) is 11.8 Å². The fourth-order valence-corrected chi connectivity index (χ4v) is 4.14. The van der Waals surface area contributed by atoms with Gasteiger partial charge in [-0.25, -0.2) is 4.79 Å². The standard InChI is InChI=1S/C23H23N3O5/c1-15(20(28)24-17-10-3-2-4-11-17)31-19(27)14-26-21(29)23(25-22(26)30)13-7-9-16-8-5-6-12-18(16)23/h2-6,8,10-12,15H,7,9,13-14H2,1H3,(H,24,28)(H,25,30)/t15-,23-/m0/s1. The summed E-state index contributed by atoms with van der Waals surface area (Å²) in [6.07, 6.45) is 0.961. The number of aryl methyl sites for hydroxylation is 1. The number of rotatable bonds is 5. The number of anilines is 1. The van der Waals surface area contributed by atoms with Gasteiger partial charge in [-0.05, 0) is 49.4 Å². The van der Waals surface area contributed by atoms with Crippen LogP contribution in [0.3, 0.4) is 0 Å². The van der Waals surface area contributed by atoms with E-state index in [1.165, 1.54) is 6.92 Å². The lowest BCUT2D eigenvalue weighted by molar-refractivity contribution is -0.155. The van der Waals surface area contributed by atoms with Gasteiger partial charge in [-0.3, -0.25) is 19.3 Å². The van der Waals surface area contributed by atoms with Gasteiger partial charge in [0, 0.05) is 5.69 Å². The molecule has 2 N–H and O–H groups in total. The highest BCUT2D eigenvalue weighted by Gasteiger charge is 2.54. The number of amides is 4. The Morgan fingerprint density at radius 2 is 1.84 bits per heavy atom. The van der Waals surface area contributed by atoms with Crippen LogP contribution in [0.25, 0.3) is 0 Å². The van der Waals surface area contributed by atoms with Gasteiger partial charge in [0.15, 0.2) is 6.10 Å². The Morgan fingerprint density at radius 1 is 1.13 bits per heavy atom. The quantitative estimate of drug-likeness (QED) is 0.570. The number of nitrogens with zero attached hydrogens (tertiary/aromatic N) is 1. The molecule has 1 heterocycles. The third kappa shape index (κ3) is 3.88. The second kappa shape index (κ2) is 8.22. The molecule has 8 heteroatoms. The van der Waals surface area contributed by atoms with Crippen molar-refractivity contribution in [3.8, 4) is 0 Å². The number of carbonyl (C=O) groups excluding carboxylic acids is 4. The largest absolute Gasteiger partial charge is 0.451 e. The van der Waals surface area contributed by atoms with Gasteiger partial charge in [0.1, 0.15) is 12.1 Å². The van der Waals surface area contributed by atoms with Crippen LogP contribution in [0.2, 0.25) is 0 Å². The second-order valence-corrected chi connectivity index (χ2v) is 7.72. The number of fused-ring (bicyclic) bond motifs is 2. The maximum atomic E-state index is 13.2. The fraction of sp³-hybridized carbons (Fsp3) is 0.304. The summed E-state index contributed by atoms with van der Waals surface area (Å²) in [6.45, 7) is 0.873. The monoisotopic (exact) mass is 421 g/mol. The summed E-state index contributed by atoms with van der Waals surface area (Å²) in [5.41, 5.74) is 1.20. The van der Waals surface area contributed by atoms with E-state index in [0.29, 0.717) is 12.1 Å². The van der Waals surface area contributed by atoms with E-state index in [2.05, 4.69) is 10.6 Å². The molecule has 1 aliphatic heterocycles. The number of ether oxygens (including phenoxy) is 1. The number of hydrogen-bond acceptors (Lipinski definition) is 5. The first-order valence-electron chi connectivity index (χ1n) is 10.2. The smallest absolute Gasteiger partial charge is 0.327 e. The van der Waals surface area contributed by atoms with Crippen LogP contribution in [0.4, 0.5) is 10.5 Å². The molecule has 2 aromatic rings.